The molecule has 3 aromatic rings. The number of carbonyl (C=O) groups is 2. The van der Waals surface area contributed by atoms with Crippen molar-refractivity contribution in [2.45, 2.75) is 51.7 Å². The van der Waals surface area contributed by atoms with Gasteiger partial charge in [0.05, 0.1) is 15.6 Å². The molecule has 0 unspecified atom stereocenters. The van der Waals surface area contributed by atoms with Crippen LogP contribution in [0.1, 0.15) is 55.2 Å². The second-order valence-electron chi connectivity index (χ2n) is 9.78. The summed E-state index contributed by atoms with van der Waals surface area (Å²) >= 11 is 12.6. The Morgan fingerprint density at radius 2 is 1.71 bits per heavy atom. The first-order chi connectivity index (χ1) is 16.0. The number of aryl methyl sites for hydroxylation is 1. The summed E-state index contributed by atoms with van der Waals surface area (Å²) in [6, 6.07) is 13.4. The number of fused-ring (bicyclic) bond motifs is 1. The van der Waals surface area contributed by atoms with Gasteiger partial charge >= 0.3 is 6.09 Å². The first-order valence-corrected chi connectivity index (χ1v) is 12.1. The van der Waals surface area contributed by atoms with Crippen molar-refractivity contribution in [3.05, 3.63) is 69.3 Å². The maximum atomic E-state index is 13.6. The monoisotopic (exact) mass is 501 g/mol. The zero-order valence-corrected chi connectivity index (χ0v) is 21.3. The van der Waals surface area contributed by atoms with Crippen LogP contribution < -0.4 is 5.32 Å². The van der Waals surface area contributed by atoms with E-state index in [9.17, 15) is 9.59 Å². The highest BCUT2D eigenvalue weighted by Gasteiger charge is 2.40. The molecule has 1 saturated heterocycles. The lowest BCUT2D eigenvalue weighted by atomic mass is 9.80. The van der Waals surface area contributed by atoms with Gasteiger partial charge in [-0.1, -0.05) is 53.5 Å². The number of benzene rings is 2. The summed E-state index contributed by atoms with van der Waals surface area (Å²) in [4.78, 5) is 31.1. The van der Waals surface area contributed by atoms with Crippen molar-refractivity contribution >= 4 is 46.1 Å². The number of H-pyrrole nitrogens is 1. The van der Waals surface area contributed by atoms with E-state index in [1.807, 2.05) is 64.1 Å². The summed E-state index contributed by atoms with van der Waals surface area (Å²) in [7, 11) is 0. The number of aromatic nitrogens is 1. The van der Waals surface area contributed by atoms with Gasteiger partial charge in [-0.15, -0.1) is 0 Å². The Hall–Kier alpha value is -2.70. The van der Waals surface area contributed by atoms with E-state index in [4.69, 9.17) is 27.9 Å². The van der Waals surface area contributed by atoms with Gasteiger partial charge < -0.3 is 19.9 Å². The molecule has 2 N–H and O–H groups in total. The van der Waals surface area contributed by atoms with Gasteiger partial charge in [0.2, 0.25) is 0 Å². The normalized spacial score (nSPS) is 15.9. The van der Waals surface area contributed by atoms with E-state index in [0.29, 0.717) is 41.7 Å². The van der Waals surface area contributed by atoms with Crippen LogP contribution in [0.3, 0.4) is 0 Å². The van der Waals surface area contributed by atoms with Crippen molar-refractivity contribution in [2.24, 2.45) is 0 Å². The molecule has 8 heteroatoms. The summed E-state index contributed by atoms with van der Waals surface area (Å²) in [5.74, 6) is -0.226. The third-order valence-corrected chi connectivity index (χ3v) is 7.08. The Kier molecular flexibility index (Phi) is 6.58. The zero-order chi connectivity index (χ0) is 24.7. The lowest BCUT2D eigenvalue weighted by Gasteiger charge is -2.43. The van der Waals surface area contributed by atoms with E-state index in [1.165, 1.54) is 0 Å². The molecule has 0 atom stereocenters. The number of piperidine rings is 1. The number of amides is 2. The molecular formula is C26H29Cl2N3O3. The zero-order valence-electron chi connectivity index (χ0n) is 19.8. The molecule has 34 heavy (non-hydrogen) atoms. The highest BCUT2D eigenvalue weighted by atomic mass is 35.5. The van der Waals surface area contributed by atoms with Crippen LogP contribution in [-0.2, 0) is 10.3 Å². The summed E-state index contributed by atoms with van der Waals surface area (Å²) in [6.45, 7) is 8.35. The molecular weight excluding hydrogens is 473 g/mol. The molecule has 0 saturated carbocycles. The fourth-order valence-electron chi connectivity index (χ4n) is 4.52. The van der Waals surface area contributed by atoms with Gasteiger partial charge in [0.15, 0.2) is 0 Å². The highest BCUT2D eigenvalue weighted by Crippen LogP contribution is 2.37. The van der Waals surface area contributed by atoms with Crippen LogP contribution in [0.4, 0.5) is 4.79 Å². The quantitative estimate of drug-likeness (QED) is 0.433. The maximum absolute atomic E-state index is 13.6. The van der Waals surface area contributed by atoms with Gasteiger partial charge in [0.25, 0.3) is 5.91 Å². The van der Waals surface area contributed by atoms with Gasteiger partial charge in [-0.3, -0.25) is 4.79 Å². The number of nitrogens with one attached hydrogen (secondary N) is 2. The van der Waals surface area contributed by atoms with Gasteiger partial charge in [-0.05, 0) is 63.8 Å². The molecule has 0 aliphatic carbocycles. The second kappa shape index (κ2) is 9.16. The number of likely N-dealkylation sites (tertiary alicyclic amines) is 1. The van der Waals surface area contributed by atoms with E-state index in [0.717, 1.165) is 22.0 Å². The van der Waals surface area contributed by atoms with Crippen LogP contribution in [0.15, 0.2) is 42.5 Å². The summed E-state index contributed by atoms with van der Waals surface area (Å²) < 4.78 is 5.54. The predicted molar refractivity (Wildman–Crippen MR) is 136 cm³/mol. The lowest BCUT2D eigenvalue weighted by Crippen LogP contribution is -2.54. The van der Waals surface area contributed by atoms with Crippen molar-refractivity contribution in [1.29, 1.82) is 0 Å². The van der Waals surface area contributed by atoms with E-state index < -0.39 is 11.1 Å². The first-order valence-electron chi connectivity index (χ1n) is 11.3. The Morgan fingerprint density at radius 1 is 1.06 bits per heavy atom. The molecule has 1 aliphatic heterocycles. The van der Waals surface area contributed by atoms with Crippen molar-refractivity contribution in [3.63, 3.8) is 0 Å². The molecule has 180 valence electrons. The SMILES string of the molecule is Cc1c(C(=O)NC2(c3ccccc3)CCN(C(=O)OC(C)(C)C)CC2)[nH]c2ccc(Cl)c(Cl)c12. The number of rotatable bonds is 3. The Balaban J connectivity index is 1.62. The van der Waals surface area contributed by atoms with Crippen molar-refractivity contribution < 1.29 is 14.3 Å². The van der Waals surface area contributed by atoms with E-state index in [1.54, 1.807) is 11.0 Å². The van der Waals surface area contributed by atoms with Gasteiger partial charge in [-0.25, -0.2) is 4.79 Å². The summed E-state index contributed by atoms with van der Waals surface area (Å²) in [5.41, 5.74) is 1.77. The fraction of sp³-hybridized carbons (Fsp3) is 0.385. The molecule has 1 fully saturated rings. The van der Waals surface area contributed by atoms with E-state index >= 15 is 0 Å². The Labute approximate surface area is 209 Å². The minimum absolute atomic E-state index is 0.226. The van der Waals surface area contributed by atoms with Crippen molar-refractivity contribution in [2.75, 3.05) is 13.1 Å². The lowest BCUT2D eigenvalue weighted by molar-refractivity contribution is 0.0145. The van der Waals surface area contributed by atoms with Crippen LogP contribution in [-0.4, -0.2) is 40.6 Å². The molecule has 6 nitrogen and oxygen atoms in total. The average molecular weight is 502 g/mol. The standard InChI is InChI=1S/C26H29Cl2N3O3/c1-16-20-19(11-10-18(27)21(20)28)29-22(16)23(32)30-26(17-8-6-5-7-9-17)12-14-31(15-13-26)24(33)34-25(2,3)4/h5-11,29H,12-15H2,1-4H3,(H,30,32). The maximum Gasteiger partial charge on any atom is 0.410 e. The number of ether oxygens (including phenoxy) is 1. The number of hydrogen-bond donors (Lipinski definition) is 2. The van der Waals surface area contributed by atoms with Gasteiger partial charge in [0.1, 0.15) is 11.3 Å². The molecule has 2 heterocycles. The minimum atomic E-state index is -0.623. The molecule has 4 rings (SSSR count). The predicted octanol–water partition coefficient (Wildman–Crippen LogP) is 6.44. The van der Waals surface area contributed by atoms with Crippen molar-refractivity contribution in [1.82, 2.24) is 15.2 Å². The number of hydrogen-bond acceptors (Lipinski definition) is 3. The van der Waals surface area contributed by atoms with E-state index in [-0.39, 0.29) is 12.0 Å². The molecule has 2 amide bonds. The second-order valence-corrected chi connectivity index (χ2v) is 10.6. The van der Waals surface area contributed by atoms with Gasteiger partial charge in [-0.2, -0.15) is 0 Å². The number of halogens is 2. The average Bonchev–Trinajstić information content (AvgIpc) is 3.13. The molecule has 0 bridgehead atoms. The number of nitrogens with zero attached hydrogens (tertiary/aromatic N) is 1. The first kappa shape index (κ1) is 24.4. The molecule has 2 aromatic carbocycles. The molecule has 0 radical (unpaired) electrons. The largest absolute Gasteiger partial charge is 0.444 e. The third-order valence-electron chi connectivity index (χ3n) is 6.28. The number of carbonyl (C=O) groups excluding carboxylic acids is 2. The van der Waals surface area contributed by atoms with E-state index in [2.05, 4.69) is 10.3 Å². The third kappa shape index (κ3) is 4.75. The van der Waals surface area contributed by atoms with Crippen LogP contribution in [0.2, 0.25) is 10.0 Å². The Morgan fingerprint density at radius 3 is 2.32 bits per heavy atom. The van der Waals surface area contributed by atoms with Crippen LogP contribution in [0, 0.1) is 6.92 Å². The van der Waals surface area contributed by atoms with Gasteiger partial charge in [0, 0.05) is 24.0 Å². The molecule has 1 aromatic heterocycles. The minimum Gasteiger partial charge on any atom is -0.444 e. The molecule has 0 spiro atoms. The Bertz CT molecular complexity index is 1220. The van der Waals surface area contributed by atoms with Crippen LogP contribution in [0.25, 0.3) is 10.9 Å². The summed E-state index contributed by atoms with van der Waals surface area (Å²) in [5, 5.41) is 4.90. The van der Waals surface area contributed by atoms with Crippen LogP contribution >= 0.6 is 23.2 Å². The summed E-state index contributed by atoms with van der Waals surface area (Å²) in [6.07, 6.45) is 0.792. The number of aromatic amines is 1. The van der Waals surface area contributed by atoms with Crippen molar-refractivity contribution in [3.8, 4) is 0 Å². The fourth-order valence-corrected chi connectivity index (χ4v) is 4.99. The topological polar surface area (TPSA) is 74.4 Å². The smallest absolute Gasteiger partial charge is 0.410 e. The molecule has 1 aliphatic rings. The van der Waals surface area contributed by atoms with Crippen LogP contribution in [0.5, 0.6) is 0 Å². The highest BCUT2D eigenvalue weighted by molar-refractivity contribution is 6.45.